The lowest BCUT2D eigenvalue weighted by molar-refractivity contribution is 0.0594. The molecule has 22 heavy (non-hydrogen) atoms. The summed E-state index contributed by atoms with van der Waals surface area (Å²) in [6, 6.07) is 11.1. The summed E-state index contributed by atoms with van der Waals surface area (Å²) in [4.78, 5) is 36.0. The topological polar surface area (TPSA) is 81.8 Å². The Morgan fingerprint density at radius 3 is 2.77 bits per heavy atom. The quantitative estimate of drug-likeness (QED) is 0.751. The van der Waals surface area contributed by atoms with E-state index in [-0.39, 0.29) is 22.9 Å². The van der Waals surface area contributed by atoms with E-state index in [0.29, 0.717) is 13.1 Å². The Kier molecular flexibility index (Phi) is 2.82. The SMILES string of the molecule is O=C(c1ccc[nH]c1=O)N1CC(c2nc3ccccc3[nH]2)C1. The zero-order chi connectivity index (χ0) is 15.1. The molecule has 0 aliphatic carbocycles. The average molecular weight is 294 g/mol. The molecule has 4 rings (SSSR count). The number of para-hydroxylation sites is 2. The van der Waals surface area contributed by atoms with Crippen molar-refractivity contribution in [3.05, 3.63) is 64.3 Å². The first-order chi connectivity index (χ1) is 10.7. The van der Waals surface area contributed by atoms with E-state index in [0.717, 1.165) is 16.9 Å². The molecule has 3 aromatic rings. The number of likely N-dealkylation sites (tertiary alicyclic amines) is 1. The number of nitrogens with zero attached hydrogens (tertiary/aromatic N) is 2. The van der Waals surface area contributed by atoms with Crippen LogP contribution in [0.2, 0.25) is 0 Å². The molecule has 0 radical (unpaired) electrons. The maximum absolute atomic E-state index is 12.3. The molecule has 110 valence electrons. The van der Waals surface area contributed by atoms with Crippen molar-refractivity contribution in [3.63, 3.8) is 0 Å². The lowest BCUT2D eigenvalue weighted by atomic mass is 9.98. The van der Waals surface area contributed by atoms with Crippen molar-refractivity contribution >= 4 is 16.9 Å². The van der Waals surface area contributed by atoms with Crippen LogP contribution in [0.5, 0.6) is 0 Å². The van der Waals surface area contributed by atoms with Crippen LogP contribution in [0.25, 0.3) is 11.0 Å². The number of carbonyl (C=O) groups is 1. The fourth-order valence-corrected chi connectivity index (χ4v) is 2.74. The number of H-pyrrole nitrogens is 2. The molecule has 3 heterocycles. The zero-order valence-electron chi connectivity index (χ0n) is 11.7. The van der Waals surface area contributed by atoms with E-state index in [1.54, 1.807) is 17.0 Å². The third-order valence-corrected chi connectivity index (χ3v) is 4.01. The van der Waals surface area contributed by atoms with E-state index in [1.807, 2.05) is 24.3 Å². The molecule has 1 aliphatic heterocycles. The van der Waals surface area contributed by atoms with Crippen molar-refractivity contribution in [2.24, 2.45) is 0 Å². The number of nitrogens with one attached hydrogen (secondary N) is 2. The Labute approximate surface area is 125 Å². The lowest BCUT2D eigenvalue weighted by Crippen LogP contribution is -2.49. The Morgan fingerprint density at radius 1 is 1.18 bits per heavy atom. The van der Waals surface area contributed by atoms with Crippen molar-refractivity contribution < 1.29 is 4.79 Å². The van der Waals surface area contributed by atoms with E-state index >= 15 is 0 Å². The molecule has 0 spiro atoms. The summed E-state index contributed by atoms with van der Waals surface area (Å²) < 4.78 is 0. The Bertz CT molecular complexity index is 872. The van der Waals surface area contributed by atoms with Gasteiger partial charge in [-0.05, 0) is 24.3 Å². The minimum absolute atomic E-state index is 0.186. The van der Waals surface area contributed by atoms with Gasteiger partial charge in [0.25, 0.3) is 11.5 Å². The molecule has 0 saturated carbocycles. The van der Waals surface area contributed by atoms with Gasteiger partial charge in [0.2, 0.25) is 0 Å². The first-order valence-corrected chi connectivity index (χ1v) is 7.14. The molecule has 1 fully saturated rings. The molecule has 1 saturated heterocycles. The first kappa shape index (κ1) is 12.8. The molecule has 6 heteroatoms. The number of hydrogen-bond donors (Lipinski definition) is 2. The van der Waals surface area contributed by atoms with Gasteiger partial charge < -0.3 is 14.9 Å². The molecular weight excluding hydrogens is 280 g/mol. The van der Waals surface area contributed by atoms with Crippen LogP contribution >= 0.6 is 0 Å². The van der Waals surface area contributed by atoms with Crippen LogP contribution in [-0.2, 0) is 0 Å². The monoisotopic (exact) mass is 294 g/mol. The van der Waals surface area contributed by atoms with Crippen LogP contribution < -0.4 is 5.56 Å². The standard InChI is InChI=1S/C16H14N4O2/c21-15-11(4-3-7-17-15)16(22)20-8-10(9-20)14-18-12-5-1-2-6-13(12)19-14/h1-7,10H,8-9H2,(H,17,21)(H,18,19). The average Bonchev–Trinajstić information content (AvgIpc) is 2.89. The fraction of sp³-hybridized carbons (Fsp3) is 0.188. The summed E-state index contributed by atoms with van der Waals surface area (Å²) in [7, 11) is 0. The van der Waals surface area contributed by atoms with Gasteiger partial charge >= 0.3 is 0 Å². The maximum Gasteiger partial charge on any atom is 0.260 e. The second kappa shape index (κ2) is 4.84. The number of hydrogen-bond acceptors (Lipinski definition) is 3. The number of imidazole rings is 1. The Hall–Kier alpha value is -2.89. The predicted octanol–water partition coefficient (Wildman–Crippen LogP) is 1.49. The van der Waals surface area contributed by atoms with Crippen LogP contribution in [0.15, 0.2) is 47.4 Å². The van der Waals surface area contributed by atoms with E-state index in [9.17, 15) is 9.59 Å². The number of benzene rings is 1. The van der Waals surface area contributed by atoms with Crippen molar-refractivity contribution in [2.45, 2.75) is 5.92 Å². The van der Waals surface area contributed by atoms with Gasteiger partial charge in [-0.2, -0.15) is 0 Å². The zero-order valence-corrected chi connectivity index (χ0v) is 11.7. The number of aromatic nitrogens is 3. The van der Waals surface area contributed by atoms with Crippen LogP contribution in [0.4, 0.5) is 0 Å². The predicted molar refractivity (Wildman–Crippen MR) is 81.8 cm³/mol. The van der Waals surface area contributed by atoms with E-state index in [1.165, 1.54) is 6.20 Å². The molecule has 6 nitrogen and oxygen atoms in total. The van der Waals surface area contributed by atoms with Gasteiger partial charge in [0.15, 0.2) is 0 Å². The molecular formula is C16H14N4O2. The van der Waals surface area contributed by atoms with Gasteiger partial charge in [0.05, 0.1) is 17.0 Å². The molecule has 1 amide bonds. The number of fused-ring (bicyclic) bond motifs is 1. The van der Waals surface area contributed by atoms with E-state index in [4.69, 9.17) is 0 Å². The Balaban J connectivity index is 1.51. The highest BCUT2D eigenvalue weighted by Gasteiger charge is 2.34. The number of amides is 1. The maximum atomic E-state index is 12.3. The van der Waals surface area contributed by atoms with Gasteiger partial charge in [0.1, 0.15) is 11.4 Å². The summed E-state index contributed by atoms with van der Waals surface area (Å²) in [5.41, 5.74) is 1.77. The summed E-state index contributed by atoms with van der Waals surface area (Å²) in [6.45, 7) is 1.15. The molecule has 0 unspecified atom stereocenters. The van der Waals surface area contributed by atoms with Gasteiger partial charge in [-0.15, -0.1) is 0 Å². The van der Waals surface area contributed by atoms with Crippen molar-refractivity contribution in [1.82, 2.24) is 19.9 Å². The molecule has 0 atom stereocenters. The smallest absolute Gasteiger partial charge is 0.260 e. The highest BCUT2D eigenvalue weighted by molar-refractivity contribution is 5.94. The highest BCUT2D eigenvalue weighted by atomic mass is 16.2. The fourth-order valence-electron chi connectivity index (χ4n) is 2.74. The van der Waals surface area contributed by atoms with E-state index in [2.05, 4.69) is 15.0 Å². The number of pyridine rings is 1. The minimum Gasteiger partial charge on any atom is -0.342 e. The first-order valence-electron chi connectivity index (χ1n) is 7.14. The number of aromatic amines is 2. The third-order valence-electron chi connectivity index (χ3n) is 4.01. The largest absolute Gasteiger partial charge is 0.342 e. The molecule has 2 aromatic heterocycles. The van der Waals surface area contributed by atoms with Gasteiger partial charge in [-0.25, -0.2) is 4.98 Å². The lowest BCUT2D eigenvalue weighted by Gasteiger charge is -2.37. The second-order valence-electron chi connectivity index (χ2n) is 5.46. The van der Waals surface area contributed by atoms with Crippen LogP contribution in [-0.4, -0.2) is 38.8 Å². The highest BCUT2D eigenvalue weighted by Crippen LogP contribution is 2.27. The van der Waals surface area contributed by atoms with Crippen molar-refractivity contribution in [3.8, 4) is 0 Å². The van der Waals surface area contributed by atoms with Gasteiger partial charge in [-0.1, -0.05) is 12.1 Å². The third kappa shape index (κ3) is 2.00. The Morgan fingerprint density at radius 2 is 2.00 bits per heavy atom. The van der Waals surface area contributed by atoms with Gasteiger partial charge in [0, 0.05) is 19.3 Å². The van der Waals surface area contributed by atoms with Crippen molar-refractivity contribution in [1.29, 1.82) is 0 Å². The van der Waals surface area contributed by atoms with Crippen molar-refractivity contribution in [2.75, 3.05) is 13.1 Å². The molecule has 0 bridgehead atoms. The second-order valence-corrected chi connectivity index (χ2v) is 5.46. The van der Waals surface area contributed by atoms with Gasteiger partial charge in [-0.3, -0.25) is 9.59 Å². The van der Waals surface area contributed by atoms with E-state index < -0.39 is 0 Å². The van der Waals surface area contributed by atoms with Crippen LogP contribution in [0, 0.1) is 0 Å². The van der Waals surface area contributed by atoms with Crippen LogP contribution in [0.1, 0.15) is 22.1 Å². The summed E-state index contributed by atoms with van der Waals surface area (Å²) >= 11 is 0. The van der Waals surface area contributed by atoms with Crippen LogP contribution in [0.3, 0.4) is 0 Å². The minimum atomic E-state index is -0.348. The number of carbonyl (C=O) groups excluding carboxylic acids is 1. The summed E-state index contributed by atoms with van der Waals surface area (Å²) in [5.74, 6) is 0.862. The number of rotatable bonds is 2. The summed E-state index contributed by atoms with van der Waals surface area (Å²) in [6.07, 6.45) is 1.52. The normalized spacial score (nSPS) is 15.0. The molecule has 2 N–H and O–H groups in total. The molecule has 1 aliphatic rings. The summed E-state index contributed by atoms with van der Waals surface area (Å²) in [5, 5.41) is 0. The molecule has 1 aromatic carbocycles.